The Morgan fingerprint density at radius 2 is 2.00 bits per heavy atom. The molecule has 0 aliphatic rings. The third kappa shape index (κ3) is 5.71. The van der Waals surface area contributed by atoms with Crippen LogP contribution < -0.4 is 11.1 Å². The van der Waals surface area contributed by atoms with E-state index >= 15 is 0 Å². The summed E-state index contributed by atoms with van der Waals surface area (Å²) < 4.78 is 22.6. The quantitative estimate of drug-likeness (QED) is 0.225. The average molecular weight is 285 g/mol. The maximum absolute atomic E-state index is 11.3. The second-order valence-electron chi connectivity index (χ2n) is 4.29. The van der Waals surface area contributed by atoms with Gasteiger partial charge in [-0.05, 0) is 30.7 Å². The van der Waals surface area contributed by atoms with Gasteiger partial charge < -0.3 is 16.3 Å². The van der Waals surface area contributed by atoms with E-state index in [2.05, 4.69) is 10.5 Å². The Morgan fingerprint density at radius 1 is 1.37 bits per heavy atom. The van der Waals surface area contributed by atoms with Crippen LogP contribution >= 0.6 is 0 Å². The third-order valence-electron chi connectivity index (χ3n) is 2.60. The first-order chi connectivity index (χ1) is 8.93. The average Bonchev–Trinajstić information content (AvgIpc) is 2.37. The topological polar surface area (TPSA) is 105 Å². The highest BCUT2D eigenvalue weighted by Gasteiger charge is 2.05. The fourth-order valence-corrected chi connectivity index (χ4v) is 2.16. The van der Waals surface area contributed by atoms with Gasteiger partial charge in [-0.15, -0.1) is 0 Å². The van der Waals surface area contributed by atoms with E-state index in [0.29, 0.717) is 17.9 Å². The number of hydrogen-bond acceptors (Lipinski definition) is 5. The van der Waals surface area contributed by atoms with Crippen molar-refractivity contribution in [3.8, 4) is 0 Å². The van der Waals surface area contributed by atoms with Gasteiger partial charge in [0.25, 0.3) is 0 Å². The third-order valence-corrected chi connectivity index (χ3v) is 3.72. The Bertz CT molecular complexity index is 524. The lowest BCUT2D eigenvalue weighted by Crippen LogP contribution is -2.18. The molecule has 1 aromatic carbocycles. The number of rotatable bonds is 7. The van der Waals surface area contributed by atoms with Crippen LogP contribution in [0.15, 0.2) is 34.3 Å². The minimum Gasteiger partial charge on any atom is -0.409 e. The lowest BCUT2D eigenvalue weighted by atomic mass is 10.2. The zero-order valence-electron chi connectivity index (χ0n) is 10.8. The van der Waals surface area contributed by atoms with E-state index in [0.717, 1.165) is 18.5 Å². The van der Waals surface area contributed by atoms with Gasteiger partial charge in [0.1, 0.15) is 5.84 Å². The summed E-state index contributed by atoms with van der Waals surface area (Å²) in [5.74, 6) is 0.222. The lowest BCUT2D eigenvalue weighted by molar-refractivity contribution is 0.316. The number of hydrogen-bond donors (Lipinski definition) is 3. The molecule has 6 nitrogen and oxygen atoms in total. The zero-order valence-corrected chi connectivity index (χ0v) is 11.7. The Labute approximate surface area is 113 Å². The van der Waals surface area contributed by atoms with Crippen LogP contribution in [0.5, 0.6) is 0 Å². The maximum atomic E-state index is 11.3. The van der Waals surface area contributed by atoms with Crippen LogP contribution in [0.3, 0.4) is 0 Å². The van der Waals surface area contributed by atoms with Crippen molar-refractivity contribution in [3.63, 3.8) is 0 Å². The van der Waals surface area contributed by atoms with Gasteiger partial charge in [0.2, 0.25) is 0 Å². The number of amidine groups is 1. The molecule has 0 saturated carbocycles. The Morgan fingerprint density at radius 3 is 2.53 bits per heavy atom. The van der Waals surface area contributed by atoms with Crippen LogP contribution in [-0.2, 0) is 16.4 Å². The van der Waals surface area contributed by atoms with E-state index in [1.54, 1.807) is 24.3 Å². The molecule has 0 aliphatic heterocycles. The largest absolute Gasteiger partial charge is 0.409 e. The predicted octanol–water partition coefficient (Wildman–Crippen LogP) is 0.706. The van der Waals surface area contributed by atoms with Crippen molar-refractivity contribution in [2.75, 3.05) is 12.8 Å². The minimum absolute atomic E-state index is 0.222. The van der Waals surface area contributed by atoms with Gasteiger partial charge in [-0.3, -0.25) is 0 Å². The highest BCUT2D eigenvalue weighted by Crippen LogP contribution is 2.10. The van der Waals surface area contributed by atoms with Crippen molar-refractivity contribution in [2.45, 2.75) is 24.3 Å². The molecular weight excluding hydrogens is 266 g/mol. The normalized spacial score (nSPS) is 12.6. The highest BCUT2D eigenvalue weighted by atomic mass is 32.2. The van der Waals surface area contributed by atoms with Gasteiger partial charge in [-0.1, -0.05) is 17.3 Å². The molecule has 0 unspecified atom stereocenters. The van der Waals surface area contributed by atoms with Gasteiger partial charge in [0, 0.05) is 19.2 Å². The van der Waals surface area contributed by atoms with Crippen molar-refractivity contribution < 1.29 is 13.6 Å². The van der Waals surface area contributed by atoms with Crippen molar-refractivity contribution in [1.82, 2.24) is 5.32 Å². The van der Waals surface area contributed by atoms with E-state index in [4.69, 9.17) is 10.9 Å². The van der Waals surface area contributed by atoms with E-state index in [-0.39, 0.29) is 5.84 Å². The molecule has 0 heterocycles. The van der Waals surface area contributed by atoms with Crippen LogP contribution in [0.2, 0.25) is 0 Å². The molecule has 0 aliphatic carbocycles. The van der Waals surface area contributed by atoms with Crippen LogP contribution in [0.4, 0.5) is 0 Å². The van der Waals surface area contributed by atoms with E-state index in [9.17, 15) is 8.42 Å². The van der Waals surface area contributed by atoms with Crippen molar-refractivity contribution in [3.05, 3.63) is 29.8 Å². The van der Waals surface area contributed by atoms with Crippen LogP contribution in [0.25, 0.3) is 0 Å². The van der Waals surface area contributed by atoms with E-state index < -0.39 is 9.84 Å². The van der Waals surface area contributed by atoms with Gasteiger partial charge in [-0.2, -0.15) is 0 Å². The zero-order chi connectivity index (χ0) is 14.3. The number of benzene rings is 1. The fourth-order valence-electron chi connectivity index (χ4n) is 1.53. The number of nitrogens with one attached hydrogen (secondary N) is 1. The van der Waals surface area contributed by atoms with Crippen LogP contribution in [0.1, 0.15) is 18.4 Å². The SMILES string of the molecule is CS(=O)(=O)c1ccc(CNCCCC(N)=NO)cc1. The van der Waals surface area contributed by atoms with Crippen LogP contribution in [0, 0.1) is 0 Å². The van der Waals surface area contributed by atoms with Crippen molar-refractivity contribution in [2.24, 2.45) is 10.9 Å². The molecule has 0 aromatic heterocycles. The Balaban J connectivity index is 2.35. The summed E-state index contributed by atoms with van der Waals surface area (Å²) in [5, 5.41) is 14.4. The summed E-state index contributed by atoms with van der Waals surface area (Å²) in [6, 6.07) is 6.77. The molecule has 1 aromatic rings. The molecule has 19 heavy (non-hydrogen) atoms. The number of sulfone groups is 1. The summed E-state index contributed by atoms with van der Waals surface area (Å²) in [6.07, 6.45) is 2.50. The second kappa shape index (κ2) is 7.10. The molecule has 0 radical (unpaired) electrons. The number of oxime groups is 1. The molecule has 0 bridgehead atoms. The maximum Gasteiger partial charge on any atom is 0.175 e. The van der Waals surface area contributed by atoms with E-state index in [1.165, 1.54) is 6.26 Å². The van der Waals surface area contributed by atoms with Gasteiger partial charge in [-0.25, -0.2) is 8.42 Å². The number of nitrogens with zero attached hydrogens (tertiary/aromatic N) is 1. The highest BCUT2D eigenvalue weighted by molar-refractivity contribution is 7.90. The first-order valence-electron chi connectivity index (χ1n) is 5.89. The molecule has 7 heteroatoms. The summed E-state index contributed by atoms with van der Waals surface area (Å²) in [7, 11) is -3.13. The van der Waals surface area contributed by atoms with Crippen molar-refractivity contribution >= 4 is 15.7 Å². The fraction of sp³-hybridized carbons (Fsp3) is 0.417. The molecule has 0 saturated heterocycles. The van der Waals surface area contributed by atoms with Gasteiger partial charge in [0.05, 0.1) is 4.90 Å². The Kier molecular flexibility index (Phi) is 5.78. The van der Waals surface area contributed by atoms with Gasteiger partial charge >= 0.3 is 0 Å². The predicted molar refractivity (Wildman–Crippen MR) is 73.9 cm³/mol. The smallest absolute Gasteiger partial charge is 0.175 e. The molecule has 4 N–H and O–H groups in total. The molecule has 0 fully saturated rings. The monoisotopic (exact) mass is 285 g/mol. The molecule has 1 rings (SSSR count). The lowest BCUT2D eigenvalue weighted by Gasteiger charge is -2.05. The minimum atomic E-state index is -3.13. The summed E-state index contributed by atoms with van der Waals surface area (Å²) >= 11 is 0. The molecule has 0 amide bonds. The molecular formula is C12H19N3O3S. The summed E-state index contributed by atoms with van der Waals surface area (Å²) in [5.41, 5.74) is 6.35. The number of nitrogens with two attached hydrogens (primary N) is 1. The van der Waals surface area contributed by atoms with Crippen molar-refractivity contribution in [1.29, 1.82) is 0 Å². The molecule has 106 valence electrons. The molecule has 0 spiro atoms. The van der Waals surface area contributed by atoms with Crippen LogP contribution in [-0.4, -0.2) is 32.3 Å². The Hall–Kier alpha value is -1.60. The first-order valence-corrected chi connectivity index (χ1v) is 7.78. The summed E-state index contributed by atoms with van der Waals surface area (Å²) in [4.78, 5) is 0.322. The second-order valence-corrected chi connectivity index (χ2v) is 6.30. The first kappa shape index (κ1) is 15.5. The van der Waals surface area contributed by atoms with Gasteiger partial charge in [0.15, 0.2) is 9.84 Å². The molecule has 0 atom stereocenters. The standard InChI is InChI=1S/C12H19N3O3S/c1-19(17,18)11-6-4-10(5-7-11)9-14-8-2-3-12(13)15-16/h4-7,14,16H,2-3,8-9H2,1H3,(H2,13,15). The summed E-state index contributed by atoms with van der Waals surface area (Å²) in [6.45, 7) is 1.39. The van der Waals surface area contributed by atoms with E-state index in [1.807, 2.05) is 0 Å².